The lowest BCUT2D eigenvalue weighted by Crippen LogP contribution is -2.52. The largest absolute Gasteiger partial charge is 0.484 e. The molecule has 0 saturated carbocycles. The molecule has 1 aliphatic rings. The molecule has 0 unspecified atom stereocenters. The summed E-state index contributed by atoms with van der Waals surface area (Å²) in [5.41, 5.74) is 0.886. The molecule has 4 rings (SSSR count). The minimum Gasteiger partial charge on any atom is -0.484 e. The molecule has 0 atom stereocenters. The van der Waals surface area contributed by atoms with Crippen molar-refractivity contribution in [1.29, 1.82) is 0 Å². The molecule has 31 heavy (non-hydrogen) atoms. The summed E-state index contributed by atoms with van der Waals surface area (Å²) in [5.74, 6) is -0.0460. The summed E-state index contributed by atoms with van der Waals surface area (Å²) >= 11 is 1.49. The van der Waals surface area contributed by atoms with Crippen molar-refractivity contribution < 1.29 is 18.7 Å². The van der Waals surface area contributed by atoms with Crippen molar-refractivity contribution in [2.75, 3.05) is 51.3 Å². The Hall–Kier alpha value is -3.04. The first kappa shape index (κ1) is 21.2. The molecular formula is C22H23FN4O3S. The van der Waals surface area contributed by atoms with Crippen LogP contribution in [0.2, 0.25) is 0 Å². The van der Waals surface area contributed by atoms with E-state index in [-0.39, 0.29) is 30.8 Å². The Morgan fingerprint density at radius 3 is 2.52 bits per heavy atom. The molecule has 2 amide bonds. The number of hydrogen-bond acceptors (Lipinski definition) is 6. The van der Waals surface area contributed by atoms with Crippen LogP contribution in [0.4, 0.5) is 9.52 Å². The lowest BCUT2D eigenvalue weighted by molar-refractivity contribution is -0.135. The Balaban J connectivity index is 1.24. The van der Waals surface area contributed by atoms with E-state index in [1.165, 1.54) is 35.6 Å². The number of nitrogens with zero attached hydrogens (tertiary/aromatic N) is 4. The van der Waals surface area contributed by atoms with Crippen LogP contribution < -0.4 is 9.64 Å². The average molecular weight is 443 g/mol. The Bertz CT molecular complexity index is 1030. The number of amides is 2. The van der Waals surface area contributed by atoms with Gasteiger partial charge in [0.05, 0.1) is 16.8 Å². The predicted molar refractivity (Wildman–Crippen MR) is 118 cm³/mol. The third kappa shape index (κ3) is 5.18. The molecule has 162 valence electrons. The van der Waals surface area contributed by atoms with E-state index < -0.39 is 0 Å². The lowest BCUT2D eigenvalue weighted by atomic mass is 10.3. The topological polar surface area (TPSA) is 66.0 Å². The van der Waals surface area contributed by atoms with Crippen LogP contribution in [0, 0.1) is 5.82 Å². The number of carbonyl (C=O) groups is 2. The van der Waals surface area contributed by atoms with Crippen molar-refractivity contribution in [2.45, 2.75) is 0 Å². The SMILES string of the molecule is CN(C(=O)CN1CCN(C(=O)COc2ccc(F)cc2)CC1)c1nc2ccccc2s1. The number of likely N-dealkylation sites (N-methyl/N-ethyl adjacent to an activating group) is 1. The molecular weight excluding hydrogens is 419 g/mol. The Morgan fingerprint density at radius 2 is 1.81 bits per heavy atom. The summed E-state index contributed by atoms with van der Waals surface area (Å²) in [7, 11) is 1.74. The van der Waals surface area contributed by atoms with Crippen LogP contribution in [0.3, 0.4) is 0 Å². The number of para-hydroxylation sites is 1. The molecule has 1 aromatic heterocycles. The van der Waals surface area contributed by atoms with E-state index in [0.29, 0.717) is 37.1 Å². The molecule has 0 N–H and O–H groups in total. The van der Waals surface area contributed by atoms with Gasteiger partial charge in [-0.3, -0.25) is 19.4 Å². The second-order valence-corrected chi connectivity index (χ2v) is 8.33. The van der Waals surface area contributed by atoms with Gasteiger partial charge in [0.2, 0.25) is 5.91 Å². The normalized spacial score (nSPS) is 14.6. The highest BCUT2D eigenvalue weighted by Crippen LogP contribution is 2.27. The molecule has 0 aliphatic carbocycles. The second-order valence-electron chi connectivity index (χ2n) is 7.32. The number of hydrogen-bond donors (Lipinski definition) is 0. The van der Waals surface area contributed by atoms with Crippen molar-refractivity contribution in [3.63, 3.8) is 0 Å². The number of benzene rings is 2. The van der Waals surface area contributed by atoms with Crippen molar-refractivity contribution in [3.05, 3.63) is 54.3 Å². The highest BCUT2D eigenvalue weighted by atomic mass is 32.1. The number of thiazole rings is 1. The molecule has 1 saturated heterocycles. The van der Waals surface area contributed by atoms with Gasteiger partial charge in [0, 0.05) is 33.2 Å². The van der Waals surface area contributed by atoms with Gasteiger partial charge < -0.3 is 9.64 Å². The average Bonchev–Trinajstić information content (AvgIpc) is 3.22. The summed E-state index contributed by atoms with van der Waals surface area (Å²) in [4.78, 5) is 35.0. The summed E-state index contributed by atoms with van der Waals surface area (Å²) in [6.45, 7) is 2.47. The lowest BCUT2D eigenvalue weighted by Gasteiger charge is -2.34. The summed E-state index contributed by atoms with van der Waals surface area (Å²) in [6.07, 6.45) is 0. The third-order valence-electron chi connectivity index (χ3n) is 5.20. The number of rotatable bonds is 6. The van der Waals surface area contributed by atoms with Gasteiger partial charge >= 0.3 is 0 Å². The van der Waals surface area contributed by atoms with E-state index in [1.54, 1.807) is 16.8 Å². The van der Waals surface area contributed by atoms with E-state index in [0.717, 1.165) is 10.2 Å². The highest BCUT2D eigenvalue weighted by Gasteiger charge is 2.24. The van der Waals surface area contributed by atoms with E-state index in [4.69, 9.17) is 4.74 Å². The monoisotopic (exact) mass is 442 g/mol. The fourth-order valence-corrected chi connectivity index (χ4v) is 4.27. The van der Waals surface area contributed by atoms with Crippen LogP contribution in [0.1, 0.15) is 0 Å². The zero-order chi connectivity index (χ0) is 21.8. The number of ether oxygens (including phenoxy) is 1. The molecule has 2 aromatic carbocycles. The molecule has 3 aromatic rings. The van der Waals surface area contributed by atoms with Crippen LogP contribution in [-0.4, -0.2) is 73.0 Å². The van der Waals surface area contributed by atoms with Crippen LogP contribution in [0.25, 0.3) is 10.2 Å². The summed E-state index contributed by atoms with van der Waals surface area (Å²) in [5, 5.41) is 0.679. The van der Waals surface area contributed by atoms with E-state index in [2.05, 4.69) is 4.98 Å². The maximum Gasteiger partial charge on any atom is 0.260 e. The van der Waals surface area contributed by atoms with Gasteiger partial charge in [-0.25, -0.2) is 9.37 Å². The number of aromatic nitrogens is 1. The zero-order valence-electron chi connectivity index (χ0n) is 17.2. The van der Waals surface area contributed by atoms with Crippen molar-refractivity contribution in [3.8, 4) is 5.75 Å². The highest BCUT2D eigenvalue weighted by molar-refractivity contribution is 7.22. The molecule has 9 heteroatoms. The predicted octanol–water partition coefficient (Wildman–Crippen LogP) is 2.62. The molecule has 0 radical (unpaired) electrons. The summed E-state index contributed by atoms with van der Waals surface area (Å²) < 4.78 is 19.4. The van der Waals surface area contributed by atoms with Crippen LogP contribution in [0.15, 0.2) is 48.5 Å². The number of fused-ring (bicyclic) bond motifs is 1. The summed E-state index contributed by atoms with van der Waals surface area (Å²) in [6, 6.07) is 13.4. The van der Waals surface area contributed by atoms with Gasteiger partial charge in [-0.1, -0.05) is 23.5 Å². The Morgan fingerprint density at radius 1 is 1.10 bits per heavy atom. The molecule has 0 bridgehead atoms. The molecule has 1 aliphatic heterocycles. The van der Waals surface area contributed by atoms with Gasteiger partial charge in [0.25, 0.3) is 5.91 Å². The maximum atomic E-state index is 12.9. The van der Waals surface area contributed by atoms with Crippen LogP contribution >= 0.6 is 11.3 Å². The fourth-order valence-electron chi connectivity index (χ4n) is 3.33. The first-order valence-electron chi connectivity index (χ1n) is 10.0. The van der Waals surface area contributed by atoms with Gasteiger partial charge in [-0.2, -0.15) is 0 Å². The Labute approximate surface area is 183 Å². The number of anilines is 1. The van der Waals surface area contributed by atoms with Crippen LogP contribution in [0.5, 0.6) is 5.75 Å². The van der Waals surface area contributed by atoms with E-state index in [1.807, 2.05) is 29.2 Å². The first-order chi connectivity index (χ1) is 15.0. The Kier molecular flexibility index (Phi) is 6.43. The smallest absolute Gasteiger partial charge is 0.260 e. The van der Waals surface area contributed by atoms with Gasteiger partial charge in [0.15, 0.2) is 11.7 Å². The number of piperazine rings is 1. The number of carbonyl (C=O) groups excluding carboxylic acids is 2. The van der Waals surface area contributed by atoms with E-state index in [9.17, 15) is 14.0 Å². The quantitative estimate of drug-likeness (QED) is 0.587. The minimum absolute atomic E-state index is 0.0292. The van der Waals surface area contributed by atoms with Gasteiger partial charge in [-0.05, 0) is 36.4 Å². The fraction of sp³-hybridized carbons (Fsp3) is 0.318. The standard InChI is InChI=1S/C22H23FN4O3S/c1-25(22-24-18-4-2-3-5-19(18)31-22)20(28)14-26-10-12-27(13-11-26)21(29)15-30-17-8-6-16(23)7-9-17/h2-9H,10-15H2,1H3. The first-order valence-corrected chi connectivity index (χ1v) is 10.8. The van der Waals surface area contributed by atoms with E-state index >= 15 is 0 Å². The van der Waals surface area contributed by atoms with Crippen molar-refractivity contribution in [1.82, 2.24) is 14.8 Å². The second kappa shape index (κ2) is 9.40. The van der Waals surface area contributed by atoms with Gasteiger partial charge in [0.1, 0.15) is 11.6 Å². The van der Waals surface area contributed by atoms with Crippen molar-refractivity contribution in [2.24, 2.45) is 0 Å². The molecule has 2 heterocycles. The molecule has 0 spiro atoms. The number of halogens is 1. The molecule has 7 nitrogen and oxygen atoms in total. The third-order valence-corrected chi connectivity index (χ3v) is 6.32. The van der Waals surface area contributed by atoms with Crippen LogP contribution in [-0.2, 0) is 9.59 Å². The minimum atomic E-state index is -0.349. The maximum absolute atomic E-state index is 12.9. The van der Waals surface area contributed by atoms with Gasteiger partial charge in [-0.15, -0.1) is 0 Å². The zero-order valence-corrected chi connectivity index (χ0v) is 18.0. The van der Waals surface area contributed by atoms with Crippen molar-refractivity contribution >= 4 is 38.5 Å². The molecule has 1 fully saturated rings.